The fourth-order valence-electron chi connectivity index (χ4n) is 3.25. The van der Waals surface area contributed by atoms with Crippen molar-refractivity contribution in [2.75, 3.05) is 0 Å². The summed E-state index contributed by atoms with van der Waals surface area (Å²) < 4.78 is 0. The van der Waals surface area contributed by atoms with Crippen LogP contribution in [0.2, 0.25) is 0 Å². The molecule has 1 N–H and O–H groups in total. The third kappa shape index (κ3) is 2.25. The molecule has 1 heteroatoms. The van der Waals surface area contributed by atoms with Gasteiger partial charge in [-0.2, -0.15) is 0 Å². The summed E-state index contributed by atoms with van der Waals surface area (Å²) in [5, 5.41) is 10.0. The molecule has 2 saturated carbocycles. The summed E-state index contributed by atoms with van der Waals surface area (Å²) in [6, 6.07) is 0. The van der Waals surface area contributed by atoms with E-state index < -0.39 is 0 Å². The molecule has 0 spiro atoms. The molecule has 13 heavy (non-hydrogen) atoms. The molecule has 2 atom stereocenters. The SMILES string of the molecule is OC1CCCCCC1C1CCCC1. The summed E-state index contributed by atoms with van der Waals surface area (Å²) in [6.45, 7) is 0. The molecule has 0 radical (unpaired) electrons. The van der Waals surface area contributed by atoms with E-state index in [1.165, 1.54) is 51.4 Å². The molecule has 0 saturated heterocycles. The first-order valence-corrected chi connectivity index (χ1v) is 6.06. The largest absolute Gasteiger partial charge is 0.393 e. The van der Waals surface area contributed by atoms with Crippen molar-refractivity contribution in [3.05, 3.63) is 0 Å². The standard InChI is InChI=1S/C12H22O/c13-12-9-3-1-2-8-11(12)10-6-4-5-7-10/h10-13H,1-9H2. The quantitative estimate of drug-likeness (QED) is 0.618. The summed E-state index contributed by atoms with van der Waals surface area (Å²) in [5.41, 5.74) is 0. The molecule has 0 bridgehead atoms. The van der Waals surface area contributed by atoms with Crippen LogP contribution in [-0.4, -0.2) is 11.2 Å². The first kappa shape index (κ1) is 9.51. The lowest BCUT2D eigenvalue weighted by molar-refractivity contribution is 0.0674. The minimum absolute atomic E-state index is 0.0330. The summed E-state index contributed by atoms with van der Waals surface area (Å²) in [4.78, 5) is 0. The van der Waals surface area contributed by atoms with Crippen LogP contribution in [0.1, 0.15) is 57.8 Å². The van der Waals surface area contributed by atoms with Crippen LogP contribution in [0, 0.1) is 11.8 Å². The van der Waals surface area contributed by atoms with E-state index in [1.54, 1.807) is 0 Å². The van der Waals surface area contributed by atoms with E-state index in [2.05, 4.69) is 0 Å². The Bertz CT molecular complexity index is 149. The van der Waals surface area contributed by atoms with Crippen LogP contribution in [0.15, 0.2) is 0 Å². The maximum atomic E-state index is 10.0. The molecule has 0 aromatic carbocycles. The van der Waals surface area contributed by atoms with Crippen LogP contribution in [0.25, 0.3) is 0 Å². The van der Waals surface area contributed by atoms with E-state index in [1.807, 2.05) is 0 Å². The summed E-state index contributed by atoms with van der Waals surface area (Å²) >= 11 is 0. The second-order valence-electron chi connectivity index (χ2n) is 4.91. The molecule has 76 valence electrons. The van der Waals surface area contributed by atoms with Crippen LogP contribution in [0.3, 0.4) is 0 Å². The fraction of sp³-hybridized carbons (Fsp3) is 1.00. The molecule has 2 aliphatic rings. The van der Waals surface area contributed by atoms with Gasteiger partial charge in [0.05, 0.1) is 6.10 Å². The molecular formula is C12H22O. The zero-order valence-electron chi connectivity index (χ0n) is 8.54. The van der Waals surface area contributed by atoms with E-state index in [0.717, 1.165) is 12.3 Å². The minimum atomic E-state index is 0.0330. The van der Waals surface area contributed by atoms with Gasteiger partial charge in [-0.25, -0.2) is 0 Å². The normalized spacial score (nSPS) is 37.6. The molecule has 2 unspecified atom stereocenters. The lowest BCUT2D eigenvalue weighted by atomic mass is 9.83. The highest BCUT2D eigenvalue weighted by molar-refractivity contribution is 4.82. The smallest absolute Gasteiger partial charge is 0.0571 e. The Morgan fingerprint density at radius 3 is 2.08 bits per heavy atom. The van der Waals surface area contributed by atoms with Gasteiger partial charge in [-0.15, -0.1) is 0 Å². The number of aliphatic hydroxyl groups excluding tert-OH is 1. The molecule has 0 aromatic rings. The van der Waals surface area contributed by atoms with Crippen molar-refractivity contribution in [1.82, 2.24) is 0 Å². The first-order chi connectivity index (χ1) is 6.38. The number of rotatable bonds is 1. The molecule has 0 aromatic heterocycles. The van der Waals surface area contributed by atoms with Crippen molar-refractivity contribution in [3.63, 3.8) is 0 Å². The van der Waals surface area contributed by atoms with Crippen LogP contribution in [-0.2, 0) is 0 Å². The second kappa shape index (κ2) is 4.45. The van der Waals surface area contributed by atoms with E-state index in [0.29, 0.717) is 5.92 Å². The van der Waals surface area contributed by atoms with Gasteiger partial charge in [-0.05, 0) is 24.7 Å². The number of hydrogen-bond donors (Lipinski definition) is 1. The van der Waals surface area contributed by atoms with Crippen LogP contribution in [0.4, 0.5) is 0 Å². The molecule has 2 rings (SSSR count). The van der Waals surface area contributed by atoms with Gasteiger partial charge >= 0.3 is 0 Å². The Kier molecular flexibility index (Phi) is 3.26. The monoisotopic (exact) mass is 182 g/mol. The molecule has 1 nitrogen and oxygen atoms in total. The lowest BCUT2D eigenvalue weighted by Crippen LogP contribution is -2.25. The lowest BCUT2D eigenvalue weighted by Gasteiger charge is -2.26. The zero-order chi connectivity index (χ0) is 9.10. The van der Waals surface area contributed by atoms with Gasteiger partial charge < -0.3 is 5.11 Å². The Hall–Kier alpha value is -0.0400. The molecule has 2 aliphatic carbocycles. The third-order valence-electron chi connectivity index (χ3n) is 4.04. The maximum Gasteiger partial charge on any atom is 0.0571 e. The third-order valence-corrected chi connectivity index (χ3v) is 4.04. The van der Waals surface area contributed by atoms with Gasteiger partial charge in [0.15, 0.2) is 0 Å². The average molecular weight is 182 g/mol. The van der Waals surface area contributed by atoms with Crippen LogP contribution in [0.5, 0.6) is 0 Å². The predicted molar refractivity (Wildman–Crippen MR) is 54.5 cm³/mol. The van der Waals surface area contributed by atoms with Crippen molar-refractivity contribution in [2.24, 2.45) is 11.8 Å². The molecular weight excluding hydrogens is 160 g/mol. The van der Waals surface area contributed by atoms with Crippen LogP contribution >= 0.6 is 0 Å². The van der Waals surface area contributed by atoms with Gasteiger partial charge in [-0.1, -0.05) is 44.9 Å². The predicted octanol–water partition coefficient (Wildman–Crippen LogP) is 3.12. The number of hydrogen-bond acceptors (Lipinski definition) is 1. The first-order valence-electron chi connectivity index (χ1n) is 6.06. The second-order valence-corrected chi connectivity index (χ2v) is 4.91. The van der Waals surface area contributed by atoms with E-state index in [9.17, 15) is 5.11 Å². The summed E-state index contributed by atoms with van der Waals surface area (Å²) in [6.07, 6.45) is 12.0. The summed E-state index contributed by atoms with van der Waals surface area (Å²) in [5.74, 6) is 1.53. The minimum Gasteiger partial charge on any atom is -0.393 e. The van der Waals surface area contributed by atoms with Crippen molar-refractivity contribution >= 4 is 0 Å². The zero-order valence-corrected chi connectivity index (χ0v) is 8.54. The van der Waals surface area contributed by atoms with Crippen molar-refractivity contribution in [2.45, 2.75) is 63.9 Å². The van der Waals surface area contributed by atoms with E-state index in [-0.39, 0.29) is 6.10 Å². The Morgan fingerprint density at radius 1 is 0.692 bits per heavy atom. The molecule has 0 aliphatic heterocycles. The van der Waals surface area contributed by atoms with E-state index in [4.69, 9.17) is 0 Å². The highest BCUT2D eigenvalue weighted by atomic mass is 16.3. The Balaban J connectivity index is 1.93. The molecule has 2 fully saturated rings. The molecule has 0 amide bonds. The van der Waals surface area contributed by atoms with Gasteiger partial charge in [-0.3, -0.25) is 0 Å². The number of aliphatic hydroxyl groups is 1. The van der Waals surface area contributed by atoms with Crippen molar-refractivity contribution < 1.29 is 5.11 Å². The van der Waals surface area contributed by atoms with Crippen molar-refractivity contribution in [1.29, 1.82) is 0 Å². The van der Waals surface area contributed by atoms with Gasteiger partial charge in [0, 0.05) is 0 Å². The summed E-state index contributed by atoms with van der Waals surface area (Å²) in [7, 11) is 0. The fourth-order valence-corrected chi connectivity index (χ4v) is 3.25. The van der Waals surface area contributed by atoms with Gasteiger partial charge in [0.1, 0.15) is 0 Å². The Morgan fingerprint density at radius 2 is 1.31 bits per heavy atom. The van der Waals surface area contributed by atoms with Crippen molar-refractivity contribution in [3.8, 4) is 0 Å². The van der Waals surface area contributed by atoms with Gasteiger partial charge in [0.2, 0.25) is 0 Å². The average Bonchev–Trinajstić information content (AvgIpc) is 2.56. The van der Waals surface area contributed by atoms with Crippen LogP contribution < -0.4 is 0 Å². The Labute approximate surface area is 81.5 Å². The van der Waals surface area contributed by atoms with E-state index >= 15 is 0 Å². The topological polar surface area (TPSA) is 20.2 Å². The molecule has 0 heterocycles. The maximum absolute atomic E-state index is 10.0. The highest BCUT2D eigenvalue weighted by Gasteiger charge is 2.30. The van der Waals surface area contributed by atoms with Gasteiger partial charge in [0.25, 0.3) is 0 Å². The highest BCUT2D eigenvalue weighted by Crippen LogP contribution is 2.38.